The Labute approximate surface area is 232 Å². The minimum atomic E-state index is -4.47. The van der Waals surface area contributed by atoms with Crippen molar-refractivity contribution in [3.05, 3.63) is 76.5 Å². The highest BCUT2D eigenvalue weighted by atomic mass is 19.4. The van der Waals surface area contributed by atoms with E-state index in [1.165, 1.54) is 21.3 Å². The number of methoxy groups -OCH3 is 5. The molecular formula is C26H30F6O9. The smallest absolute Gasteiger partial charge is 0.416 e. The van der Waals surface area contributed by atoms with Gasteiger partial charge in [0.2, 0.25) is 5.76 Å². The molecule has 0 saturated carbocycles. The fourth-order valence-electron chi connectivity index (χ4n) is 2.41. The minimum Gasteiger partial charge on any atom is -0.504 e. The van der Waals surface area contributed by atoms with Crippen molar-refractivity contribution in [2.24, 2.45) is 0 Å². The summed E-state index contributed by atoms with van der Waals surface area (Å²) in [4.78, 5) is 32.2. The van der Waals surface area contributed by atoms with Gasteiger partial charge in [0.1, 0.15) is 6.61 Å². The first-order valence-corrected chi connectivity index (χ1v) is 10.6. The molecule has 230 valence electrons. The van der Waals surface area contributed by atoms with E-state index in [1.54, 1.807) is 0 Å². The lowest BCUT2D eigenvalue weighted by Crippen LogP contribution is -2.10. The Morgan fingerprint density at radius 3 is 1.34 bits per heavy atom. The maximum atomic E-state index is 12.4. The third-order valence-electron chi connectivity index (χ3n) is 4.40. The van der Waals surface area contributed by atoms with Gasteiger partial charge in [0.05, 0.1) is 45.1 Å². The molecule has 0 spiro atoms. The van der Waals surface area contributed by atoms with Crippen molar-refractivity contribution >= 4 is 23.7 Å². The molecule has 0 radical (unpaired) electrons. The highest BCUT2D eigenvalue weighted by Gasteiger charge is 2.31. The van der Waals surface area contributed by atoms with Gasteiger partial charge in [-0.3, -0.25) is 0 Å². The van der Waals surface area contributed by atoms with Crippen molar-refractivity contribution < 1.29 is 69.5 Å². The summed E-state index contributed by atoms with van der Waals surface area (Å²) in [6, 6.07) is 7.47. The summed E-state index contributed by atoms with van der Waals surface area (Å²) in [5, 5.41) is 9.75. The topological polar surface area (TPSA) is 118 Å². The van der Waals surface area contributed by atoms with Gasteiger partial charge >= 0.3 is 30.3 Å². The van der Waals surface area contributed by atoms with Gasteiger partial charge in [0.25, 0.3) is 0 Å². The molecule has 0 heterocycles. The number of rotatable bonds is 6. The van der Waals surface area contributed by atoms with Gasteiger partial charge in [0, 0.05) is 12.7 Å². The van der Waals surface area contributed by atoms with Crippen LogP contribution in [0.25, 0.3) is 5.76 Å². The van der Waals surface area contributed by atoms with Crippen LogP contribution in [0.1, 0.15) is 34.5 Å². The van der Waals surface area contributed by atoms with E-state index < -0.39 is 46.9 Å². The van der Waals surface area contributed by atoms with Crippen molar-refractivity contribution in [1.82, 2.24) is 0 Å². The molecule has 0 amide bonds. The number of esters is 3. The fourth-order valence-corrected chi connectivity index (χ4v) is 2.41. The first kappa shape index (κ1) is 38.9. The van der Waals surface area contributed by atoms with Crippen LogP contribution in [0, 0.1) is 0 Å². The lowest BCUT2D eigenvalue weighted by Gasteiger charge is -2.09. The summed E-state index contributed by atoms with van der Waals surface area (Å²) in [7, 11) is 6.15. The standard InChI is InChI=1S/C12H11F3O4.C9H7F3O2.C4H8O3.CH4/c1-18-10(11(17)19-2)9(16)7-3-5-8(6-4-7)12(13,14)15;1-14-8(13)6-2-4-7(5-3-6)9(10,11)12;1-6-3-4(5)7-2;/h3-6,16H,1-2H3;2-5H,1H3;3H2,1-2H3;1H4. The lowest BCUT2D eigenvalue weighted by molar-refractivity contribution is -0.145. The molecule has 0 aliphatic rings. The second-order valence-electron chi connectivity index (χ2n) is 7.02. The Morgan fingerprint density at radius 2 is 1.07 bits per heavy atom. The van der Waals surface area contributed by atoms with Crippen molar-refractivity contribution in [2.75, 3.05) is 42.2 Å². The number of hydrogen-bond donors (Lipinski definition) is 1. The van der Waals surface area contributed by atoms with Gasteiger partial charge in [-0.25, -0.2) is 14.4 Å². The van der Waals surface area contributed by atoms with E-state index in [-0.39, 0.29) is 31.1 Å². The summed E-state index contributed by atoms with van der Waals surface area (Å²) in [5.74, 6) is -3.01. The second kappa shape index (κ2) is 18.1. The molecule has 0 bridgehead atoms. The van der Waals surface area contributed by atoms with E-state index in [0.717, 1.165) is 62.8 Å². The SMILES string of the molecule is C.COC(=O)C(OC)=C(O)c1ccc(C(F)(F)F)cc1.COC(=O)c1ccc(C(F)(F)F)cc1.COCC(=O)OC. The Kier molecular flexibility index (Phi) is 17.2. The Bertz CT molecular complexity index is 1120. The predicted octanol–water partition coefficient (Wildman–Crippen LogP) is 5.69. The molecule has 15 heteroatoms. The van der Waals surface area contributed by atoms with Gasteiger partial charge in [0.15, 0.2) is 5.76 Å². The van der Waals surface area contributed by atoms with Crippen molar-refractivity contribution in [1.29, 1.82) is 0 Å². The molecule has 2 aromatic carbocycles. The predicted molar refractivity (Wildman–Crippen MR) is 133 cm³/mol. The molecule has 2 aromatic rings. The number of aliphatic hydroxyl groups is 1. The third-order valence-corrected chi connectivity index (χ3v) is 4.40. The molecule has 0 aromatic heterocycles. The zero-order chi connectivity index (χ0) is 31.1. The first-order valence-electron chi connectivity index (χ1n) is 10.6. The van der Waals surface area contributed by atoms with E-state index in [9.17, 15) is 45.8 Å². The van der Waals surface area contributed by atoms with Crippen LogP contribution >= 0.6 is 0 Å². The molecule has 0 saturated heterocycles. The normalized spacial score (nSPS) is 11.1. The molecule has 0 fully saturated rings. The van der Waals surface area contributed by atoms with Gasteiger partial charge in [-0.2, -0.15) is 26.3 Å². The van der Waals surface area contributed by atoms with Crippen LogP contribution in [0.2, 0.25) is 0 Å². The molecular weight excluding hydrogens is 570 g/mol. The van der Waals surface area contributed by atoms with Crippen LogP contribution in [0.4, 0.5) is 26.3 Å². The number of benzene rings is 2. The van der Waals surface area contributed by atoms with Gasteiger partial charge in [-0.05, 0) is 36.4 Å². The summed E-state index contributed by atoms with van der Waals surface area (Å²) >= 11 is 0. The van der Waals surface area contributed by atoms with Crippen LogP contribution in [-0.4, -0.2) is 65.2 Å². The maximum Gasteiger partial charge on any atom is 0.416 e. The van der Waals surface area contributed by atoms with Crippen molar-refractivity contribution in [2.45, 2.75) is 19.8 Å². The summed E-state index contributed by atoms with van der Waals surface area (Å²) in [6.07, 6.45) is -8.85. The van der Waals surface area contributed by atoms with Gasteiger partial charge < -0.3 is 28.8 Å². The van der Waals surface area contributed by atoms with Crippen LogP contribution in [0.15, 0.2) is 54.3 Å². The molecule has 1 N–H and O–H groups in total. The lowest BCUT2D eigenvalue weighted by atomic mass is 10.1. The Morgan fingerprint density at radius 1 is 0.659 bits per heavy atom. The van der Waals surface area contributed by atoms with Crippen LogP contribution < -0.4 is 0 Å². The molecule has 0 unspecified atom stereocenters. The van der Waals surface area contributed by atoms with Crippen molar-refractivity contribution in [3.63, 3.8) is 0 Å². The molecule has 9 nitrogen and oxygen atoms in total. The van der Waals surface area contributed by atoms with Crippen LogP contribution in [0.3, 0.4) is 0 Å². The second-order valence-corrected chi connectivity index (χ2v) is 7.02. The molecule has 0 aliphatic carbocycles. The number of halogens is 6. The zero-order valence-corrected chi connectivity index (χ0v) is 21.8. The molecule has 2 rings (SSSR count). The first-order chi connectivity index (χ1) is 18.6. The van der Waals surface area contributed by atoms with Crippen LogP contribution in [-0.2, 0) is 45.6 Å². The third kappa shape index (κ3) is 13.6. The Balaban J connectivity index is 0. The quantitative estimate of drug-likeness (QED) is 0.147. The Hall–Kier alpha value is -4.27. The summed E-state index contributed by atoms with van der Waals surface area (Å²) in [5.41, 5.74) is -1.54. The van der Waals surface area contributed by atoms with Gasteiger partial charge in [-0.15, -0.1) is 0 Å². The summed E-state index contributed by atoms with van der Waals surface area (Å²) < 4.78 is 95.3. The molecule has 41 heavy (non-hydrogen) atoms. The fraction of sp³-hybridized carbons (Fsp3) is 0.346. The zero-order valence-electron chi connectivity index (χ0n) is 21.8. The monoisotopic (exact) mass is 600 g/mol. The van der Waals surface area contributed by atoms with Gasteiger partial charge in [-0.1, -0.05) is 19.6 Å². The van der Waals surface area contributed by atoms with Crippen molar-refractivity contribution in [3.8, 4) is 0 Å². The minimum absolute atomic E-state index is 0. The summed E-state index contributed by atoms with van der Waals surface area (Å²) in [6.45, 7) is 0.0382. The largest absolute Gasteiger partial charge is 0.504 e. The number of hydrogen-bond acceptors (Lipinski definition) is 9. The highest BCUT2D eigenvalue weighted by Crippen LogP contribution is 2.30. The van der Waals surface area contributed by atoms with E-state index in [0.29, 0.717) is 0 Å². The number of carbonyl (C=O) groups excluding carboxylic acids is 3. The van der Waals surface area contributed by atoms with E-state index in [1.807, 2.05) is 0 Å². The average Bonchev–Trinajstić information content (AvgIpc) is 2.92. The number of carbonyl (C=O) groups is 3. The van der Waals surface area contributed by atoms with E-state index in [2.05, 4.69) is 23.7 Å². The van der Waals surface area contributed by atoms with Crippen LogP contribution in [0.5, 0.6) is 0 Å². The highest BCUT2D eigenvalue weighted by molar-refractivity contribution is 5.93. The van der Waals surface area contributed by atoms with E-state index in [4.69, 9.17) is 0 Å². The average molecular weight is 601 g/mol. The molecule has 0 atom stereocenters. The maximum absolute atomic E-state index is 12.4. The molecule has 0 aliphatic heterocycles. The number of aliphatic hydroxyl groups excluding tert-OH is 1. The number of ether oxygens (including phenoxy) is 5. The van der Waals surface area contributed by atoms with E-state index >= 15 is 0 Å². The number of alkyl halides is 6.